The number of methoxy groups -OCH3 is 1. The summed E-state index contributed by atoms with van der Waals surface area (Å²) in [4.78, 5) is 4.24. The summed E-state index contributed by atoms with van der Waals surface area (Å²) in [5.41, 5.74) is 5.80. The van der Waals surface area contributed by atoms with Gasteiger partial charge in [-0.3, -0.25) is 4.98 Å². The van der Waals surface area contributed by atoms with Crippen molar-refractivity contribution in [2.45, 2.75) is 26.7 Å². The molecule has 0 N–H and O–H groups in total. The molecule has 0 spiro atoms. The molecule has 0 aliphatic carbocycles. The smallest absolute Gasteiger partial charge is 0.272 e. The van der Waals surface area contributed by atoms with E-state index in [0.29, 0.717) is 11.4 Å². The Morgan fingerprint density at radius 3 is 2.27 bits per heavy atom. The molecule has 4 heteroatoms. The van der Waals surface area contributed by atoms with Crippen molar-refractivity contribution in [3.05, 3.63) is 71.4 Å². The number of benzene rings is 2. The van der Waals surface area contributed by atoms with Crippen molar-refractivity contribution in [2.24, 2.45) is 0 Å². The van der Waals surface area contributed by atoms with E-state index in [4.69, 9.17) is 4.74 Å². The molecule has 134 valence electrons. The number of halogens is 2. The lowest BCUT2D eigenvalue weighted by Gasteiger charge is -2.14. The Morgan fingerprint density at radius 2 is 1.69 bits per heavy atom. The maximum absolute atomic E-state index is 13.4. The summed E-state index contributed by atoms with van der Waals surface area (Å²) >= 11 is 0. The van der Waals surface area contributed by atoms with Gasteiger partial charge in [0.15, 0.2) is 0 Å². The Hall–Kier alpha value is -2.75. The average molecular weight is 353 g/mol. The van der Waals surface area contributed by atoms with Crippen LogP contribution >= 0.6 is 0 Å². The summed E-state index contributed by atoms with van der Waals surface area (Å²) in [5.74, 6) is -2.25. The fourth-order valence-corrected chi connectivity index (χ4v) is 3.03. The lowest BCUT2D eigenvalue weighted by atomic mass is 9.96. The quantitative estimate of drug-likeness (QED) is 0.561. The van der Waals surface area contributed by atoms with Crippen LogP contribution in [0.4, 0.5) is 8.78 Å². The third kappa shape index (κ3) is 3.59. The van der Waals surface area contributed by atoms with Crippen LogP contribution in [-0.2, 0) is 5.92 Å². The predicted molar refractivity (Wildman–Crippen MR) is 101 cm³/mol. The van der Waals surface area contributed by atoms with Gasteiger partial charge < -0.3 is 4.74 Å². The molecule has 0 aliphatic heterocycles. The highest BCUT2D eigenvalue weighted by atomic mass is 19.3. The van der Waals surface area contributed by atoms with Crippen molar-refractivity contribution in [3.63, 3.8) is 0 Å². The number of hydrogen-bond donors (Lipinski definition) is 0. The number of alkyl halides is 2. The van der Waals surface area contributed by atoms with E-state index in [1.807, 2.05) is 18.2 Å². The van der Waals surface area contributed by atoms with Crippen LogP contribution in [0.1, 0.15) is 23.6 Å². The molecular formula is C22H21F2NO. The van der Waals surface area contributed by atoms with Crippen LogP contribution in [0.2, 0.25) is 0 Å². The standard InChI is InChI=1S/C22H21F2NO/c1-14-5-8-18(15(2)11-14)16-6-10-21(26-4)19(12-16)20-9-7-17(13-25-20)22(3,23)24/h5-13H,1-4H3. The van der Waals surface area contributed by atoms with E-state index in [9.17, 15) is 8.78 Å². The number of rotatable bonds is 4. The van der Waals surface area contributed by atoms with E-state index in [-0.39, 0.29) is 5.56 Å². The van der Waals surface area contributed by atoms with Gasteiger partial charge in [0.25, 0.3) is 5.92 Å². The normalized spacial score (nSPS) is 11.5. The van der Waals surface area contributed by atoms with Crippen LogP contribution in [-0.4, -0.2) is 12.1 Å². The number of hydrogen-bond acceptors (Lipinski definition) is 2. The van der Waals surface area contributed by atoms with E-state index in [0.717, 1.165) is 23.6 Å². The lowest BCUT2D eigenvalue weighted by Crippen LogP contribution is -2.07. The second-order valence-corrected chi connectivity index (χ2v) is 6.55. The van der Waals surface area contributed by atoms with Crippen molar-refractivity contribution in [1.29, 1.82) is 0 Å². The zero-order valence-corrected chi connectivity index (χ0v) is 15.3. The molecule has 0 saturated carbocycles. The minimum absolute atomic E-state index is 0.106. The van der Waals surface area contributed by atoms with Crippen molar-refractivity contribution >= 4 is 0 Å². The lowest BCUT2D eigenvalue weighted by molar-refractivity contribution is 0.0171. The monoisotopic (exact) mass is 353 g/mol. The molecular weight excluding hydrogens is 332 g/mol. The highest BCUT2D eigenvalue weighted by Gasteiger charge is 2.24. The molecule has 3 aromatic rings. The van der Waals surface area contributed by atoms with E-state index in [1.54, 1.807) is 13.2 Å². The fraction of sp³-hybridized carbons (Fsp3) is 0.227. The van der Waals surface area contributed by atoms with Gasteiger partial charge in [-0.05, 0) is 54.8 Å². The molecule has 0 aliphatic rings. The Morgan fingerprint density at radius 1 is 0.923 bits per heavy atom. The molecule has 2 aromatic carbocycles. The topological polar surface area (TPSA) is 22.1 Å². The zero-order valence-electron chi connectivity index (χ0n) is 15.3. The molecule has 3 rings (SSSR count). The number of aromatic nitrogens is 1. The van der Waals surface area contributed by atoms with Gasteiger partial charge in [0.05, 0.1) is 12.8 Å². The first-order valence-electron chi connectivity index (χ1n) is 8.40. The molecule has 26 heavy (non-hydrogen) atoms. The Balaban J connectivity index is 2.09. The number of nitrogens with zero attached hydrogens (tertiary/aromatic N) is 1. The minimum Gasteiger partial charge on any atom is -0.496 e. The summed E-state index contributed by atoms with van der Waals surface area (Å²) in [6, 6.07) is 15.2. The van der Waals surface area contributed by atoms with Gasteiger partial charge in [-0.25, -0.2) is 8.78 Å². The minimum atomic E-state index is -2.91. The second-order valence-electron chi connectivity index (χ2n) is 6.55. The first-order chi connectivity index (χ1) is 12.3. The number of pyridine rings is 1. The maximum atomic E-state index is 13.4. The molecule has 1 aromatic heterocycles. The summed E-state index contributed by atoms with van der Waals surface area (Å²) in [5, 5.41) is 0. The molecule has 2 nitrogen and oxygen atoms in total. The van der Waals surface area contributed by atoms with Crippen molar-refractivity contribution in [1.82, 2.24) is 4.98 Å². The highest BCUT2D eigenvalue weighted by molar-refractivity contribution is 5.77. The summed E-state index contributed by atoms with van der Waals surface area (Å²) in [7, 11) is 1.59. The number of aryl methyl sites for hydroxylation is 2. The molecule has 0 radical (unpaired) electrons. The van der Waals surface area contributed by atoms with Gasteiger partial charge in [-0.15, -0.1) is 0 Å². The van der Waals surface area contributed by atoms with E-state index < -0.39 is 5.92 Å². The Bertz CT molecular complexity index is 928. The summed E-state index contributed by atoms with van der Waals surface area (Å²) in [6.45, 7) is 5.00. The highest BCUT2D eigenvalue weighted by Crippen LogP contribution is 2.35. The Kier molecular flexibility index (Phi) is 4.77. The van der Waals surface area contributed by atoms with Gasteiger partial charge in [-0.2, -0.15) is 0 Å². The average Bonchev–Trinajstić information content (AvgIpc) is 2.60. The second kappa shape index (κ2) is 6.87. The maximum Gasteiger partial charge on any atom is 0.272 e. The molecule has 0 saturated heterocycles. The molecule has 1 heterocycles. The molecule has 0 atom stereocenters. The van der Waals surface area contributed by atoms with Crippen LogP contribution in [0.5, 0.6) is 5.75 Å². The first kappa shape index (κ1) is 18.1. The van der Waals surface area contributed by atoms with Crippen LogP contribution in [0, 0.1) is 13.8 Å². The van der Waals surface area contributed by atoms with Gasteiger partial charge in [0.2, 0.25) is 0 Å². The largest absolute Gasteiger partial charge is 0.496 e. The summed E-state index contributed by atoms with van der Waals surface area (Å²) in [6.07, 6.45) is 1.22. The van der Waals surface area contributed by atoms with E-state index in [1.165, 1.54) is 23.4 Å². The zero-order chi connectivity index (χ0) is 18.9. The van der Waals surface area contributed by atoms with Gasteiger partial charge in [0, 0.05) is 24.2 Å². The SMILES string of the molecule is COc1ccc(-c2ccc(C)cc2C)cc1-c1ccc(C(C)(F)F)cn1. The third-order valence-corrected chi connectivity index (χ3v) is 4.44. The van der Waals surface area contributed by atoms with Gasteiger partial charge >= 0.3 is 0 Å². The Labute approximate surface area is 152 Å². The van der Waals surface area contributed by atoms with Crippen LogP contribution in [0.25, 0.3) is 22.4 Å². The first-order valence-corrected chi connectivity index (χ1v) is 8.40. The van der Waals surface area contributed by atoms with E-state index in [2.05, 4.69) is 37.0 Å². The predicted octanol–water partition coefficient (Wildman–Crippen LogP) is 6.15. The van der Waals surface area contributed by atoms with Gasteiger partial charge in [0.1, 0.15) is 5.75 Å². The molecule has 0 fully saturated rings. The summed E-state index contributed by atoms with van der Waals surface area (Å²) < 4.78 is 32.3. The van der Waals surface area contributed by atoms with Crippen molar-refractivity contribution < 1.29 is 13.5 Å². The van der Waals surface area contributed by atoms with Crippen LogP contribution in [0.3, 0.4) is 0 Å². The number of ether oxygens (including phenoxy) is 1. The molecule has 0 unspecified atom stereocenters. The van der Waals surface area contributed by atoms with Gasteiger partial charge in [-0.1, -0.05) is 29.8 Å². The van der Waals surface area contributed by atoms with Crippen molar-refractivity contribution in [3.8, 4) is 28.1 Å². The fourth-order valence-electron chi connectivity index (χ4n) is 3.03. The van der Waals surface area contributed by atoms with Crippen molar-refractivity contribution in [2.75, 3.05) is 7.11 Å². The van der Waals surface area contributed by atoms with Crippen LogP contribution in [0.15, 0.2) is 54.7 Å². The molecule has 0 bridgehead atoms. The van der Waals surface area contributed by atoms with E-state index >= 15 is 0 Å². The molecule has 0 amide bonds. The third-order valence-electron chi connectivity index (χ3n) is 4.44. The van der Waals surface area contributed by atoms with Crippen LogP contribution < -0.4 is 4.74 Å².